The Balaban J connectivity index is 1.21. The highest BCUT2D eigenvalue weighted by atomic mass is 32.1. The summed E-state index contributed by atoms with van der Waals surface area (Å²) in [5.74, 6) is 0.856. The predicted molar refractivity (Wildman–Crippen MR) is 266 cm³/mol. The van der Waals surface area contributed by atoms with Crippen LogP contribution in [0.15, 0.2) is 152 Å². The van der Waals surface area contributed by atoms with Crippen LogP contribution in [0.5, 0.6) is 0 Å². The van der Waals surface area contributed by atoms with Crippen LogP contribution in [0.25, 0.3) is 22.3 Å². The Morgan fingerprint density at radius 1 is 0.548 bits per heavy atom. The lowest BCUT2D eigenvalue weighted by atomic mass is 9.36. The van der Waals surface area contributed by atoms with Gasteiger partial charge in [-0.25, -0.2) is 0 Å². The number of benzene rings is 7. The second-order valence-electron chi connectivity index (χ2n) is 19.7. The Morgan fingerprint density at radius 2 is 1.11 bits per heavy atom. The molecule has 0 saturated heterocycles. The van der Waals surface area contributed by atoms with Gasteiger partial charge in [-0.05, 0) is 133 Å². The van der Waals surface area contributed by atoms with E-state index in [0.29, 0.717) is 11.8 Å². The summed E-state index contributed by atoms with van der Waals surface area (Å²) < 4.78 is 1.43. The summed E-state index contributed by atoms with van der Waals surface area (Å²) in [7, 11) is 0. The maximum absolute atomic E-state index is 2.66. The quantitative estimate of drug-likeness (QED) is 0.163. The first-order valence-electron chi connectivity index (χ1n) is 22.5. The van der Waals surface area contributed by atoms with Gasteiger partial charge < -0.3 is 9.80 Å². The fourth-order valence-corrected chi connectivity index (χ4v) is 13.1. The number of rotatable bonds is 4. The van der Waals surface area contributed by atoms with E-state index in [2.05, 4.69) is 228 Å². The lowest BCUT2D eigenvalue weighted by molar-refractivity contribution is 0.590. The molecule has 0 amide bonds. The van der Waals surface area contributed by atoms with E-state index in [1.54, 1.807) is 0 Å². The van der Waals surface area contributed by atoms with Gasteiger partial charge in [0.1, 0.15) is 0 Å². The van der Waals surface area contributed by atoms with Gasteiger partial charge in [0.15, 0.2) is 0 Å². The molecular weight excluding hydrogens is 768 g/mol. The van der Waals surface area contributed by atoms with Crippen molar-refractivity contribution in [1.29, 1.82) is 0 Å². The molecule has 3 heterocycles. The van der Waals surface area contributed by atoms with Gasteiger partial charge in [-0.3, -0.25) is 0 Å². The van der Waals surface area contributed by atoms with Crippen LogP contribution in [0.4, 0.5) is 34.1 Å². The van der Waals surface area contributed by atoms with Crippen molar-refractivity contribution in [2.45, 2.75) is 78.1 Å². The van der Waals surface area contributed by atoms with Gasteiger partial charge in [-0.15, -0.1) is 11.3 Å². The molecule has 1 spiro atoms. The molecule has 8 aromatic rings. The summed E-state index contributed by atoms with van der Waals surface area (Å²) >= 11 is 2.07. The van der Waals surface area contributed by atoms with E-state index in [1.165, 1.54) is 116 Å². The summed E-state index contributed by atoms with van der Waals surface area (Å²) in [6.07, 6.45) is 0. The van der Waals surface area contributed by atoms with Gasteiger partial charge in [0.25, 0.3) is 6.71 Å². The molecule has 7 aromatic carbocycles. The molecule has 12 rings (SSSR count). The number of aryl methyl sites for hydroxylation is 1. The average Bonchev–Trinajstić information content (AvgIpc) is 3.90. The Bertz CT molecular complexity index is 3100. The number of nitrogens with zero attached hydrogens (tertiary/aromatic N) is 2. The van der Waals surface area contributed by atoms with Gasteiger partial charge >= 0.3 is 0 Å². The van der Waals surface area contributed by atoms with Crippen LogP contribution in [-0.4, -0.2) is 6.71 Å². The van der Waals surface area contributed by atoms with E-state index in [4.69, 9.17) is 0 Å². The normalized spacial score (nSPS) is 14.8. The fourth-order valence-electron chi connectivity index (χ4n) is 11.4. The van der Waals surface area contributed by atoms with E-state index in [0.717, 1.165) is 0 Å². The number of thiophene rings is 1. The summed E-state index contributed by atoms with van der Waals surface area (Å²) in [5.41, 5.74) is 24.9. The van der Waals surface area contributed by atoms with Gasteiger partial charge in [-0.2, -0.15) is 0 Å². The molecule has 0 unspecified atom stereocenters. The molecule has 1 aromatic heterocycles. The second-order valence-corrected chi connectivity index (χ2v) is 20.8. The van der Waals surface area contributed by atoms with Crippen LogP contribution in [0, 0.1) is 6.92 Å². The highest BCUT2D eigenvalue weighted by molar-refractivity contribution is 7.30. The monoisotopic (exact) mass is 818 g/mol. The molecule has 0 fully saturated rings. The molecular formula is C58H51BN2S. The summed E-state index contributed by atoms with van der Waals surface area (Å²) in [6.45, 7) is 18.5. The SMILES string of the molecule is Cc1cc2c3c(c1)N(c1ccc(C(C)C)cc1)c1c(sc4c1-c1ccc(C(C)C)cc1C41c4ccccc4-c4ccccc41)B3c1ccccc1N2c1ccc(C(C)(C)C)cc1. The van der Waals surface area contributed by atoms with E-state index < -0.39 is 5.41 Å². The predicted octanol–water partition coefficient (Wildman–Crippen LogP) is 14.0. The maximum atomic E-state index is 2.66. The van der Waals surface area contributed by atoms with Crippen LogP contribution >= 0.6 is 11.3 Å². The molecule has 0 N–H and O–H groups in total. The second kappa shape index (κ2) is 13.2. The molecule has 0 atom stereocenters. The minimum atomic E-state index is -0.433. The van der Waals surface area contributed by atoms with Crippen molar-refractivity contribution in [3.63, 3.8) is 0 Å². The smallest absolute Gasteiger partial charge is 0.264 e. The van der Waals surface area contributed by atoms with E-state index in [1.807, 2.05) is 0 Å². The minimum Gasteiger partial charge on any atom is -0.311 e. The minimum absolute atomic E-state index is 0.0565. The van der Waals surface area contributed by atoms with Crippen molar-refractivity contribution in [3.8, 4) is 22.3 Å². The molecule has 4 aliphatic rings. The fraction of sp³-hybridized carbons (Fsp3) is 0.207. The Hall–Kier alpha value is -6.10. The number of hydrogen-bond donors (Lipinski definition) is 0. The van der Waals surface area contributed by atoms with Crippen molar-refractivity contribution in [2.75, 3.05) is 9.80 Å². The summed E-state index contributed by atoms with van der Waals surface area (Å²) in [5, 5.41) is 0. The molecule has 0 radical (unpaired) electrons. The topological polar surface area (TPSA) is 6.48 Å². The lowest BCUT2D eigenvalue weighted by Crippen LogP contribution is -2.60. The molecule has 0 saturated carbocycles. The van der Waals surface area contributed by atoms with E-state index >= 15 is 0 Å². The van der Waals surface area contributed by atoms with Crippen LogP contribution in [0.1, 0.15) is 104 Å². The van der Waals surface area contributed by atoms with Crippen molar-refractivity contribution >= 4 is 67.9 Å². The van der Waals surface area contributed by atoms with Crippen LogP contribution in [0.2, 0.25) is 0 Å². The third-order valence-electron chi connectivity index (χ3n) is 14.4. The molecule has 2 nitrogen and oxygen atoms in total. The summed E-state index contributed by atoms with van der Waals surface area (Å²) in [4.78, 5) is 6.66. The van der Waals surface area contributed by atoms with Crippen LogP contribution in [0.3, 0.4) is 0 Å². The maximum Gasteiger partial charge on any atom is 0.264 e. The zero-order valence-electron chi connectivity index (χ0n) is 37.0. The number of hydrogen-bond acceptors (Lipinski definition) is 3. The Labute approximate surface area is 371 Å². The largest absolute Gasteiger partial charge is 0.311 e. The number of fused-ring (bicyclic) bond motifs is 15. The number of anilines is 6. The lowest BCUT2D eigenvalue weighted by Gasteiger charge is -2.43. The van der Waals surface area contributed by atoms with Crippen molar-refractivity contribution in [1.82, 2.24) is 0 Å². The van der Waals surface area contributed by atoms with Gasteiger partial charge in [0.2, 0.25) is 0 Å². The van der Waals surface area contributed by atoms with Gasteiger partial charge in [0.05, 0.1) is 11.1 Å². The molecule has 2 aliphatic heterocycles. The first-order chi connectivity index (χ1) is 30.0. The van der Waals surface area contributed by atoms with Crippen LogP contribution in [-0.2, 0) is 10.8 Å². The third kappa shape index (κ3) is 4.99. The van der Waals surface area contributed by atoms with E-state index in [9.17, 15) is 0 Å². The van der Waals surface area contributed by atoms with Crippen molar-refractivity contribution in [2.24, 2.45) is 0 Å². The molecule has 4 heteroatoms. The molecule has 302 valence electrons. The van der Waals surface area contributed by atoms with Crippen LogP contribution < -0.4 is 25.5 Å². The molecule has 0 bridgehead atoms. The highest BCUT2D eigenvalue weighted by Crippen LogP contribution is 2.67. The Morgan fingerprint density at radius 3 is 1.76 bits per heavy atom. The average molecular weight is 819 g/mol. The third-order valence-corrected chi connectivity index (χ3v) is 15.8. The zero-order valence-corrected chi connectivity index (χ0v) is 37.8. The molecule has 62 heavy (non-hydrogen) atoms. The molecule has 2 aliphatic carbocycles. The highest BCUT2D eigenvalue weighted by Gasteiger charge is 2.57. The first kappa shape index (κ1) is 37.6. The zero-order chi connectivity index (χ0) is 42.4. The van der Waals surface area contributed by atoms with Crippen molar-refractivity contribution < 1.29 is 0 Å². The first-order valence-corrected chi connectivity index (χ1v) is 23.3. The standard InChI is InChI=1S/C58H51BN2S/c1-34(2)37-21-26-41(27-22-37)61-51-32-36(5)31-50-53(51)59(48-19-13-14-20-49(48)60(50)40-28-24-39(25-29-40)57(6,7)8)56-54(61)52-44-30-23-38(35(3)4)33-47(44)58(55(52)62-56)45-17-11-9-15-42(45)43-16-10-12-18-46(43)58/h9-35H,1-8H3. The Kier molecular flexibility index (Phi) is 8.02. The number of para-hydroxylation sites is 1. The van der Waals surface area contributed by atoms with E-state index in [-0.39, 0.29) is 12.1 Å². The van der Waals surface area contributed by atoms with Crippen molar-refractivity contribution in [3.05, 3.63) is 195 Å². The van der Waals surface area contributed by atoms with Gasteiger partial charge in [-0.1, -0.05) is 158 Å². The summed E-state index contributed by atoms with van der Waals surface area (Å²) in [6, 6.07) is 58.9. The van der Waals surface area contributed by atoms with Gasteiger partial charge in [0, 0.05) is 43.7 Å².